The summed E-state index contributed by atoms with van der Waals surface area (Å²) in [4.78, 5) is 20.2. The number of aromatic amines is 1. The van der Waals surface area contributed by atoms with Crippen molar-refractivity contribution in [2.45, 2.75) is 44.9 Å². The number of nitrogens with one attached hydrogen (secondary N) is 1. The van der Waals surface area contributed by atoms with Crippen LogP contribution in [-0.2, 0) is 26.1 Å². The molecule has 1 aliphatic rings. The minimum absolute atomic E-state index is 0.234. The predicted molar refractivity (Wildman–Crippen MR) is 141 cm³/mol. The molecule has 1 atom stereocenters. The van der Waals surface area contributed by atoms with Gasteiger partial charge in [0.15, 0.2) is 0 Å². The van der Waals surface area contributed by atoms with Crippen LogP contribution in [0.3, 0.4) is 0 Å². The Balaban J connectivity index is 1.37. The molecule has 1 aliphatic carbocycles. The molecule has 0 amide bonds. The third-order valence-corrected chi connectivity index (χ3v) is 7.70. The molecule has 35 heavy (non-hydrogen) atoms. The number of H-pyrrole nitrogens is 1. The largest absolute Gasteiger partial charge is 0.341 e. The van der Waals surface area contributed by atoms with E-state index in [9.17, 15) is 0 Å². The fourth-order valence-electron chi connectivity index (χ4n) is 5.18. The molecular formula is C28H28N6S. The Morgan fingerprint density at radius 2 is 1.94 bits per heavy atom. The number of imidazole rings is 1. The normalized spacial score (nSPS) is 15.5. The first kappa shape index (κ1) is 22.1. The topological polar surface area (TPSA) is 83.7 Å². The number of rotatable bonds is 7. The van der Waals surface area contributed by atoms with Crippen LogP contribution < -0.4 is 5.73 Å². The standard InChI is InChI=1S/C28H28N6S/c29-16-22-15-20(28-31-13-14-35-28)10-11-21(22)17-34(18-26-32-23-7-1-2-8-24(23)33-26)25-9-3-5-19-6-4-12-30-27(19)25/h1-2,4,6-8,10-15,25H,3,5,9,16-18,29H2,(H,32,33). The lowest BCUT2D eigenvalue weighted by Crippen LogP contribution is -2.32. The SMILES string of the molecule is NCc1cc(-c2nccs2)ccc1CN(Cc1nc2ccccc2[nH]1)C1CCCc2cccnc21. The number of nitrogens with zero attached hydrogens (tertiary/aromatic N) is 4. The second kappa shape index (κ2) is 9.70. The van der Waals surface area contributed by atoms with Crippen molar-refractivity contribution in [2.75, 3.05) is 0 Å². The van der Waals surface area contributed by atoms with E-state index in [0.717, 1.165) is 58.8 Å². The van der Waals surface area contributed by atoms with E-state index in [2.05, 4.69) is 57.3 Å². The van der Waals surface area contributed by atoms with Gasteiger partial charge >= 0.3 is 0 Å². The average molecular weight is 481 g/mol. The van der Waals surface area contributed by atoms with Crippen molar-refractivity contribution in [3.8, 4) is 10.6 Å². The summed E-state index contributed by atoms with van der Waals surface area (Å²) < 4.78 is 0. The molecule has 3 N–H and O–H groups in total. The highest BCUT2D eigenvalue weighted by Gasteiger charge is 2.28. The molecule has 6 rings (SSSR count). The highest BCUT2D eigenvalue weighted by molar-refractivity contribution is 7.13. The number of benzene rings is 2. The zero-order valence-corrected chi connectivity index (χ0v) is 20.3. The molecule has 0 bridgehead atoms. The Kier molecular flexibility index (Phi) is 6.12. The van der Waals surface area contributed by atoms with Gasteiger partial charge in [-0.25, -0.2) is 9.97 Å². The first-order valence-corrected chi connectivity index (χ1v) is 13.0. The molecule has 3 heterocycles. The number of hydrogen-bond donors (Lipinski definition) is 2. The van der Waals surface area contributed by atoms with Gasteiger partial charge in [0.1, 0.15) is 10.8 Å². The van der Waals surface area contributed by atoms with Gasteiger partial charge in [-0.1, -0.05) is 30.3 Å². The Morgan fingerprint density at radius 1 is 1.00 bits per heavy atom. The predicted octanol–water partition coefficient (Wildman–Crippen LogP) is 5.62. The summed E-state index contributed by atoms with van der Waals surface area (Å²) in [6.07, 6.45) is 7.10. The van der Waals surface area contributed by atoms with E-state index in [1.54, 1.807) is 11.3 Å². The highest BCUT2D eigenvalue weighted by atomic mass is 32.1. The van der Waals surface area contributed by atoms with Crippen molar-refractivity contribution in [3.63, 3.8) is 0 Å². The molecule has 7 heteroatoms. The van der Waals surface area contributed by atoms with Gasteiger partial charge in [0.05, 0.1) is 29.3 Å². The summed E-state index contributed by atoms with van der Waals surface area (Å²) in [7, 11) is 0. The molecular weight excluding hydrogens is 452 g/mol. The molecule has 0 saturated carbocycles. The summed E-state index contributed by atoms with van der Waals surface area (Å²) in [5, 5.41) is 3.03. The van der Waals surface area contributed by atoms with Gasteiger partial charge in [-0.3, -0.25) is 9.88 Å². The summed E-state index contributed by atoms with van der Waals surface area (Å²) in [6, 6.07) is 19.3. The quantitative estimate of drug-likeness (QED) is 0.316. The van der Waals surface area contributed by atoms with E-state index in [4.69, 9.17) is 15.7 Å². The maximum Gasteiger partial charge on any atom is 0.123 e. The number of pyridine rings is 1. The molecule has 0 saturated heterocycles. The second-order valence-corrected chi connectivity index (χ2v) is 9.98. The lowest BCUT2D eigenvalue weighted by atomic mass is 9.90. The third-order valence-electron chi connectivity index (χ3n) is 6.88. The van der Waals surface area contributed by atoms with Crippen molar-refractivity contribution in [1.29, 1.82) is 0 Å². The van der Waals surface area contributed by atoms with Crippen LogP contribution in [0.1, 0.15) is 47.1 Å². The summed E-state index contributed by atoms with van der Waals surface area (Å²) in [6.45, 7) is 1.99. The Bertz CT molecular complexity index is 1410. The number of hydrogen-bond acceptors (Lipinski definition) is 6. The lowest BCUT2D eigenvalue weighted by molar-refractivity contribution is 0.153. The Morgan fingerprint density at radius 3 is 2.80 bits per heavy atom. The van der Waals surface area contributed by atoms with E-state index in [0.29, 0.717) is 13.1 Å². The number of para-hydroxylation sites is 2. The lowest BCUT2D eigenvalue weighted by Gasteiger charge is -2.35. The molecule has 0 radical (unpaired) electrons. The van der Waals surface area contributed by atoms with E-state index in [1.165, 1.54) is 16.8 Å². The fraction of sp³-hybridized carbons (Fsp3) is 0.250. The van der Waals surface area contributed by atoms with Gasteiger partial charge in [-0.2, -0.15) is 0 Å². The monoisotopic (exact) mass is 480 g/mol. The first-order valence-electron chi connectivity index (χ1n) is 12.1. The minimum atomic E-state index is 0.234. The van der Waals surface area contributed by atoms with Gasteiger partial charge in [-0.05, 0) is 60.2 Å². The van der Waals surface area contributed by atoms with E-state index in [-0.39, 0.29) is 6.04 Å². The summed E-state index contributed by atoms with van der Waals surface area (Å²) in [5.74, 6) is 0.975. The molecule has 0 fully saturated rings. The highest BCUT2D eigenvalue weighted by Crippen LogP contribution is 2.35. The van der Waals surface area contributed by atoms with E-state index >= 15 is 0 Å². The number of aromatic nitrogens is 4. The number of aryl methyl sites for hydroxylation is 1. The molecule has 1 unspecified atom stereocenters. The molecule has 2 aromatic carbocycles. The fourth-order valence-corrected chi connectivity index (χ4v) is 5.81. The molecule has 5 aromatic rings. The molecule has 6 nitrogen and oxygen atoms in total. The van der Waals surface area contributed by atoms with E-state index in [1.807, 2.05) is 29.9 Å². The number of fused-ring (bicyclic) bond motifs is 2. The van der Waals surface area contributed by atoms with E-state index < -0.39 is 0 Å². The van der Waals surface area contributed by atoms with Crippen LogP contribution in [0.5, 0.6) is 0 Å². The Labute approximate surface area is 208 Å². The van der Waals surface area contributed by atoms with Crippen LogP contribution in [0.15, 0.2) is 72.4 Å². The second-order valence-electron chi connectivity index (χ2n) is 9.09. The van der Waals surface area contributed by atoms with Crippen molar-refractivity contribution in [2.24, 2.45) is 5.73 Å². The number of thiazole rings is 1. The van der Waals surface area contributed by atoms with Gasteiger partial charge in [0.25, 0.3) is 0 Å². The van der Waals surface area contributed by atoms with Crippen molar-refractivity contribution in [1.82, 2.24) is 24.8 Å². The van der Waals surface area contributed by atoms with Gasteiger partial charge in [-0.15, -0.1) is 11.3 Å². The van der Waals surface area contributed by atoms with Gasteiger partial charge < -0.3 is 10.7 Å². The van der Waals surface area contributed by atoms with Crippen LogP contribution in [0.2, 0.25) is 0 Å². The maximum atomic E-state index is 6.24. The van der Waals surface area contributed by atoms with Crippen LogP contribution >= 0.6 is 11.3 Å². The van der Waals surface area contributed by atoms with Gasteiger partial charge in [0.2, 0.25) is 0 Å². The third kappa shape index (κ3) is 4.50. The zero-order valence-electron chi connectivity index (χ0n) is 19.5. The molecule has 176 valence electrons. The zero-order chi connectivity index (χ0) is 23.6. The Hall–Kier alpha value is -3.39. The van der Waals surface area contributed by atoms with Crippen molar-refractivity contribution < 1.29 is 0 Å². The van der Waals surface area contributed by atoms with Crippen molar-refractivity contribution in [3.05, 3.63) is 101 Å². The van der Waals surface area contributed by atoms with Crippen LogP contribution in [-0.4, -0.2) is 24.8 Å². The molecule has 0 spiro atoms. The first-order chi connectivity index (χ1) is 17.3. The summed E-state index contributed by atoms with van der Waals surface area (Å²) >= 11 is 1.65. The number of nitrogens with two attached hydrogens (primary N) is 1. The maximum absolute atomic E-state index is 6.24. The average Bonchev–Trinajstić information content (AvgIpc) is 3.58. The molecule has 0 aliphatic heterocycles. The van der Waals surface area contributed by atoms with Gasteiger partial charge in [0, 0.05) is 36.4 Å². The van der Waals surface area contributed by atoms with Crippen molar-refractivity contribution >= 4 is 22.4 Å². The van der Waals surface area contributed by atoms with Crippen LogP contribution in [0, 0.1) is 0 Å². The van der Waals surface area contributed by atoms with Crippen LogP contribution in [0.4, 0.5) is 0 Å². The smallest absolute Gasteiger partial charge is 0.123 e. The minimum Gasteiger partial charge on any atom is -0.341 e. The molecule has 3 aromatic heterocycles. The van der Waals surface area contributed by atoms with Crippen LogP contribution in [0.25, 0.3) is 21.6 Å². The summed E-state index contributed by atoms with van der Waals surface area (Å²) in [5.41, 5.74) is 14.4.